The largest absolute Gasteiger partial charge is 0.396 e. The van der Waals surface area contributed by atoms with E-state index in [1.54, 1.807) is 0 Å². The predicted molar refractivity (Wildman–Crippen MR) is 76.2 cm³/mol. The molecule has 104 valence electrons. The zero-order valence-corrected chi connectivity index (χ0v) is 11.6. The third kappa shape index (κ3) is 3.14. The molecule has 4 heteroatoms. The van der Waals surface area contributed by atoms with Gasteiger partial charge in [-0.2, -0.15) is 0 Å². The second kappa shape index (κ2) is 6.17. The monoisotopic (exact) mass is 262 g/mol. The number of carbonyl (C=O) groups is 1. The summed E-state index contributed by atoms with van der Waals surface area (Å²) in [4.78, 5) is 14.5. The van der Waals surface area contributed by atoms with Gasteiger partial charge >= 0.3 is 0 Å². The molecule has 0 spiro atoms. The summed E-state index contributed by atoms with van der Waals surface area (Å²) in [6, 6.07) is 7.91. The van der Waals surface area contributed by atoms with E-state index in [1.165, 1.54) is 0 Å². The zero-order valence-electron chi connectivity index (χ0n) is 11.6. The van der Waals surface area contributed by atoms with Gasteiger partial charge in [0, 0.05) is 18.3 Å². The second-order valence-corrected chi connectivity index (χ2v) is 5.20. The van der Waals surface area contributed by atoms with Crippen molar-refractivity contribution >= 4 is 11.6 Å². The van der Waals surface area contributed by atoms with E-state index in [-0.39, 0.29) is 24.6 Å². The molecule has 2 unspecified atom stereocenters. The van der Waals surface area contributed by atoms with Crippen molar-refractivity contribution in [2.24, 2.45) is 0 Å². The average molecular weight is 262 g/mol. The SMILES string of the molecule is Cc1cccc(N2C(=O)C(CCO)NCCC2C)c1. The Morgan fingerprint density at radius 3 is 2.95 bits per heavy atom. The molecular formula is C15H22N2O2. The highest BCUT2D eigenvalue weighted by Crippen LogP contribution is 2.23. The van der Waals surface area contributed by atoms with Crippen LogP contribution in [0.2, 0.25) is 0 Å². The normalized spacial score (nSPS) is 24.4. The molecule has 4 nitrogen and oxygen atoms in total. The fourth-order valence-corrected chi connectivity index (χ4v) is 2.58. The fraction of sp³-hybridized carbons (Fsp3) is 0.533. The molecule has 1 aromatic carbocycles. The van der Waals surface area contributed by atoms with E-state index in [0.29, 0.717) is 6.42 Å². The Hall–Kier alpha value is -1.39. The molecule has 0 bridgehead atoms. The Kier molecular flexibility index (Phi) is 4.56. The van der Waals surface area contributed by atoms with E-state index < -0.39 is 0 Å². The summed E-state index contributed by atoms with van der Waals surface area (Å²) < 4.78 is 0. The summed E-state index contributed by atoms with van der Waals surface area (Å²) in [5.74, 6) is 0.0599. The van der Waals surface area contributed by atoms with Crippen LogP contribution in [0.5, 0.6) is 0 Å². The molecule has 0 radical (unpaired) electrons. The Morgan fingerprint density at radius 1 is 1.47 bits per heavy atom. The van der Waals surface area contributed by atoms with Gasteiger partial charge in [-0.1, -0.05) is 12.1 Å². The van der Waals surface area contributed by atoms with Crippen molar-refractivity contribution in [3.05, 3.63) is 29.8 Å². The zero-order chi connectivity index (χ0) is 13.8. The summed E-state index contributed by atoms with van der Waals surface area (Å²) in [6.45, 7) is 4.93. The molecule has 2 atom stereocenters. The van der Waals surface area contributed by atoms with E-state index in [1.807, 2.05) is 36.1 Å². The molecule has 1 aromatic rings. The molecule has 0 saturated carbocycles. The van der Waals surface area contributed by atoms with Crippen molar-refractivity contribution < 1.29 is 9.90 Å². The van der Waals surface area contributed by atoms with E-state index in [4.69, 9.17) is 5.11 Å². The molecule has 0 aromatic heterocycles. The van der Waals surface area contributed by atoms with Crippen molar-refractivity contribution in [2.45, 2.75) is 38.8 Å². The molecule has 1 heterocycles. The van der Waals surface area contributed by atoms with Crippen molar-refractivity contribution in [2.75, 3.05) is 18.1 Å². The van der Waals surface area contributed by atoms with Gasteiger partial charge in [0.1, 0.15) is 0 Å². The van der Waals surface area contributed by atoms with Crippen LogP contribution in [0.25, 0.3) is 0 Å². The number of benzene rings is 1. The number of hydrogen-bond acceptors (Lipinski definition) is 3. The van der Waals surface area contributed by atoms with E-state index in [2.05, 4.69) is 12.2 Å². The van der Waals surface area contributed by atoms with Gasteiger partial charge in [0.15, 0.2) is 0 Å². The Labute approximate surface area is 114 Å². The van der Waals surface area contributed by atoms with Crippen LogP contribution in [0.15, 0.2) is 24.3 Å². The number of carbonyl (C=O) groups excluding carboxylic acids is 1. The third-order valence-corrected chi connectivity index (χ3v) is 3.63. The first-order valence-electron chi connectivity index (χ1n) is 6.87. The van der Waals surface area contributed by atoms with Crippen molar-refractivity contribution in [1.82, 2.24) is 5.32 Å². The molecule has 2 N–H and O–H groups in total. The number of nitrogens with zero attached hydrogens (tertiary/aromatic N) is 1. The Bertz CT molecular complexity index is 448. The van der Waals surface area contributed by atoms with Crippen LogP contribution < -0.4 is 10.2 Å². The van der Waals surface area contributed by atoms with Gasteiger partial charge < -0.3 is 15.3 Å². The maximum atomic E-state index is 12.6. The van der Waals surface area contributed by atoms with Gasteiger partial charge in [0.25, 0.3) is 0 Å². The predicted octanol–water partition coefficient (Wildman–Crippen LogP) is 1.46. The molecule has 1 amide bonds. The first-order chi connectivity index (χ1) is 9.13. The van der Waals surface area contributed by atoms with Crippen LogP contribution in [0.4, 0.5) is 5.69 Å². The molecule has 1 aliphatic rings. The van der Waals surface area contributed by atoms with Crippen LogP contribution in [0.1, 0.15) is 25.3 Å². The van der Waals surface area contributed by atoms with Crippen molar-refractivity contribution in [3.8, 4) is 0 Å². The summed E-state index contributed by atoms with van der Waals surface area (Å²) in [5, 5.41) is 12.3. The molecule has 1 fully saturated rings. The van der Waals surface area contributed by atoms with Gasteiger partial charge in [-0.25, -0.2) is 0 Å². The van der Waals surface area contributed by atoms with Crippen molar-refractivity contribution in [3.63, 3.8) is 0 Å². The minimum atomic E-state index is -0.282. The summed E-state index contributed by atoms with van der Waals surface area (Å²) in [5.41, 5.74) is 2.09. The Morgan fingerprint density at radius 2 is 2.26 bits per heavy atom. The molecule has 1 aliphatic heterocycles. The van der Waals surface area contributed by atoms with Crippen LogP contribution >= 0.6 is 0 Å². The van der Waals surface area contributed by atoms with Gasteiger partial charge in [-0.05, 0) is 50.9 Å². The molecule has 1 saturated heterocycles. The van der Waals surface area contributed by atoms with E-state index in [9.17, 15) is 4.79 Å². The fourth-order valence-electron chi connectivity index (χ4n) is 2.58. The van der Waals surface area contributed by atoms with Crippen LogP contribution in [0, 0.1) is 6.92 Å². The number of anilines is 1. The van der Waals surface area contributed by atoms with E-state index >= 15 is 0 Å². The highest BCUT2D eigenvalue weighted by molar-refractivity contribution is 5.98. The molecular weight excluding hydrogens is 240 g/mol. The number of hydrogen-bond donors (Lipinski definition) is 2. The first kappa shape index (κ1) is 14.0. The number of nitrogens with one attached hydrogen (secondary N) is 1. The number of aryl methyl sites for hydroxylation is 1. The smallest absolute Gasteiger partial charge is 0.244 e. The lowest BCUT2D eigenvalue weighted by Crippen LogP contribution is -2.46. The topological polar surface area (TPSA) is 52.6 Å². The maximum absolute atomic E-state index is 12.6. The highest BCUT2D eigenvalue weighted by Gasteiger charge is 2.31. The minimum absolute atomic E-state index is 0.0272. The lowest BCUT2D eigenvalue weighted by atomic mass is 10.1. The number of rotatable bonds is 3. The number of aliphatic hydroxyl groups excluding tert-OH is 1. The average Bonchev–Trinajstić information content (AvgIpc) is 2.50. The van der Waals surface area contributed by atoms with Crippen LogP contribution in [-0.4, -0.2) is 36.2 Å². The molecule has 2 rings (SSSR count). The van der Waals surface area contributed by atoms with Gasteiger partial charge in [-0.3, -0.25) is 4.79 Å². The second-order valence-electron chi connectivity index (χ2n) is 5.20. The quantitative estimate of drug-likeness (QED) is 0.867. The standard InChI is InChI=1S/C15H22N2O2/c1-11-4-3-5-13(10-11)17-12(2)6-8-16-14(7-9-18)15(17)19/h3-5,10,12,14,16,18H,6-9H2,1-2H3. The minimum Gasteiger partial charge on any atom is -0.396 e. The molecule has 0 aliphatic carbocycles. The third-order valence-electron chi connectivity index (χ3n) is 3.63. The van der Waals surface area contributed by atoms with E-state index in [0.717, 1.165) is 24.2 Å². The Balaban J connectivity index is 2.30. The van der Waals surface area contributed by atoms with Crippen molar-refractivity contribution in [1.29, 1.82) is 0 Å². The summed E-state index contributed by atoms with van der Waals surface area (Å²) >= 11 is 0. The van der Waals surface area contributed by atoms with Gasteiger partial charge in [0.2, 0.25) is 5.91 Å². The number of aliphatic hydroxyl groups is 1. The lowest BCUT2D eigenvalue weighted by molar-refractivity contribution is -0.120. The maximum Gasteiger partial charge on any atom is 0.244 e. The van der Waals surface area contributed by atoms with Crippen LogP contribution in [-0.2, 0) is 4.79 Å². The summed E-state index contributed by atoms with van der Waals surface area (Å²) in [7, 11) is 0. The summed E-state index contributed by atoms with van der Waals surface area (Å²) in [6.07, 6.45) is 1.38. The van der Waals surface area contributed by atoms with Gasteiger partial charge in [0.05, 0.1) is 6.04 Å². The van der Waals surface area contributed by atoms with Gasteiger partial charge in [-0.15, -0.1) is 0 Å². The van der Waals surface area contributed by atoms with Crippen LogP contribution in [0.3, 0.4) is 0 Å². The lowest BCUT2D eigenvalue weighted by Gasteiger charge is -2.29. The highest BCUT2D eigenvalue weighted by atomic mass is 16.3. The number of amides is 1. The first-order valence-corrected chi connectivity index (χ1v) is 6.87. The molecule has 19 heavy (non-hydrogen) atoms.